The maximum atomic E-state index is 13.0. The predicted octanol–water partition coefficient (Wildman–Crippen LogP) is 5.96. The third-order valence-electron chi connectivity index (χ3n) is 7.56. The average molecular weight is 600 g/mol. The third-order valence-corrected chi connectivity index (χ3v) is 7.56. The van der Waals surface area contributed by atoms with Crippen LogP contribution in [0.2, 0.25) is 0 Å². The Morgan fingerprint density at radius 3 is 2.36 bits per heavy atom. The number of nitrogens with two attached hydrogens (primary N) is 1. The first kappa shape index (κ1) is 33.9. The topological polar surface area (TPSA) is 135 Å². The van der Waals surface area contributed by atoms with Crippen LogP contribution in [0.25, 0.3) is 10.9 Å². The number of nitrogens with one attached hydrogen (secondary N) is 2. The highest BCUT2D eigenvalue weighted by atomic mass is 16.5. The number of para-hydroxylation sites is 1. The Bertz CT molecular complexity index is 1510. The molecule has 0 radical (unpaired) electrons. The number of phenols is 1. The number of hydrogen-bond donors (Lipinski definition) is 4. The number of primary amides is 1. The Labute approximate surface area is 260 Å². The van der Waals surface area contributed by atoms with E-state index >= 15 is 0 Å². The van der Waals surface area contributed by atoms with E-state index in [2.05, 4.69) is 23.3 Å². The summed E-state index contributed by atoms with van der Waals surface area (Å²) in [4.78, 5) is 40.1. The van der Waals surface area contributed by atoms with Gasteiger partial charge in [-0.15, -0.1) is 0 Å². The molecule has 0 bridgehead atoms. The average Bonchev–Trinajstić information content (AvgIpc) is 3.39. The first-order valence-electron chi connectivity index (χ1n) is 15.2. The minimum Gasteiger partial charge on any atom is -0.508 e. The molecule has 4 aromatic rings. The molecular weight excluding hydrogens is 554 g/mol. The summed E-state index contributed by atoms with van der Waals surface area (Å²) in [7, 11) is 1.62. The second kappa shape index (κ2) is 16.9. The smallest absolute Gasteiger partial charge is 0.224 e. The van der Waals surface area contributed by atoms with Crippen LogP contribution in [0.3, 0.4) is 0 Å². The number of rotatable bonds is 14. The van der Waals surface area contributed by atoms with Gasteiger partial charge in [0.2, 0.25) is 11.8 Å². The molecule has 3 aromatic carbocycles. The molecule has 5 N–H and O–H groups in total. The molecular formula is C36H45N3O5. The van der Waals surface area contributed by atoms with Gasteiger partial charge in [-0.05, 0) is 92.1 Å². The highest BCUT2D eigenvalue weighted by molar-refractivity contribution is 5.91. The summed E-state index contributed by atoms with van der Waals surface area (Å²) in [6, 6.07) is 20.6. The standard InChI is InChI=1S/C26H31N3O4.C10H14O/c1-17(30)24(14-20-16-28-23-9-4-3-8-22(20)23)29-26(32)19(15-25(27)31)7-5-6-18-10-12-21(33-2)13-11-18;1-3-4-9-5-8(2)6-10(11)7-9/h3-4,8-13,16,19,24,28H,5-7,14-15H2,1-2H3,(H2,27,31)(H,29,32);5-7,11H,3-4H2,1-2H3/t19?,24-;/m0./s1. The molecule has 8 nitrogen and oxygen atoms in total. The number of fused-ring (bicyclic) bond motifs is 1. The van der Waals surface area contributed by atoms with Crippen molar-refractivity contribution in [1.29, 1.82) is 0 Å². The first-order chi connectivity index (χ1) is 21.1. The van der Waals surface area contributed by atoms with Crippen molar-refractivity contribution >= 4 is 28.5 Å². The summed E-state index contributed by atoms with van der Waals surface area (Å²) in [5.41, 5.74) is 10.8. The fourth-order valence-corrected chi connectivity index (χ4v) is 5.29. The second-order valence-corrected chi connectivity index (χ2v) is 11.3. The van der Waals surface area contributed by atoms with E-state index in [0.717, 1.165) is 52.6 Å². The number of methoxy groups -OCH3 is 1. The van der Waals surface area contributed by atoms with Gasteiger partial charge in [-0.1, -0.05) is 49.7 Å². The number of carbonyl (C=O) groups excluding carboxylic acids is 3. The Balaban J connectivity index is 0.000000404. The number of aromatic amines is 1. The molecule has 0 aliphatic rings. The fraction of sp³-hybridized carbons (Fsp3) is 0.361. The van der Waals surface area contributed by atoms with Gasteiger partial charge >= 0.3 is 0 Å². The zero-order valence-corrected chi connectivity index (χ0v) is 26.2. The van der Waals surface area contributed by atoms with E-state index in [1.54, 1.807) is 13.2 Å². The largest absolute Gasteiger partial charge is 0.508 e. The van der Waals surface area contributed by atoms with E-state index in [-0.39, 0.29) is 18.1 Å². The number of benzene rings is 3. The normalized spacial score (nSPS) is 12.1. The van der Waals surface area contributed by atoms with Crippen LogP contribution in [0, 0.1) is 12.8 Å². The predicted molar refractivity (Wildman–Crippen MR) is 175 cm³/mol. The number of H-pyrrole nitrogens is 1. The van der Waals surface area contributed by atoms with Gasteiger partial charge in [-0.25, -0.2) is 0 Å². The lowest BCUT2D eigenvalue weighted by molar-refractivity contribution is -0.132. The van der Waals surface area contributed by atoms with Crippen LogP contribution >= 0.6 is 0 Å². The summed E-state index contributed by atoms with van der Waals surface area (Å²) < 4.78 is 5.17. The van der Waals surface area contributed by atoms with Crippen LogP contribution in [0.15, 0.2) is 72.9 Å². The highest BCUT2D eigenvalue weighted by Crippen LogP contribution is 2.21. The van der Waals surface area contributed by atoms with E-state index in [4.69, 9.17) is 10.5 Å². The molecule has 0 spiro atoms. The maximum absolute atomic E-state index is 13.0. The van der Waals surface area contributed by atoms with Crippen molar-refractivity contribution in [3.05, 3.63) is 95.2 Å². The number of Topliss-reactive ketones (excluding diaryl/α,β-unsaturated/α-hetero) is 1. The SMILES string of the molecule is CCCc1cc(C)cc(O)c1.COc1ccc(CCCC(CC(N)=O)C(=O)N[C@@H](Cc2c[nH]c3ccccc23)C(C)=O)cc1. The van der Waals surface area contributed by atoms with Crippen molar-refractivity contribution < 1.29 is 24.2 Å². The van der Waals surface area contributed by atoms with E-state index in [1.807, 2.05) is 67.7 Å². The zero-order valence-electron chi connectivity index (χ0n) is 26.2. The molecule has 2 atom stereocenters. The van der Waals surface area contributed by atoms with Crippen molar-refractivity contribution in [2.75, 3.05) is 7.11 Å². The van der Waals surface area contributed by atoms with Crippen molar-refractivity contribution in [3.63, 3.8) is 0 Å². The number of aryl methyl sites for hydroxylation is 3. The molecule has 0 saturated heterocycles. The fourth-order valence-electron chi connectivity index (χ4n) is 5.29. The molecule has 0 aliphatic carbocycles. The van der Waals surface area contributed by atoms with E-state index < -0.39 is 17.9 Å². The second-order valence-electron chi connectivity index (χ2n) is 11.3. The molecule has 2 amide bonds. The summed E-state index contributed by atoms with van der Waals surface area (Å²) in [5, 5.41) is 13.1. The van der Waals surface area contributed by atoms with Crippen LogP contribution < -0.4 is 15.8 Å². The van der Waals surface area contributed by atoms with Gasteiger partial charge in [0.15, 0.2) is 5.78 Å². The van der Waals surface area contributed by atoms with E-state index in [1.165, 1.54) is 12.5 Å². The summed E-state index contributed by atoms with van der Waals surface area (Å²) in [5.74, 6) is -0.391. The van der Waals surface area contributed by atoms with Crippen LogP contribution in [0.1, 0.15) is 61.8 Å². The Morgan fingerprint density at radius 1 is 1.00 bits per heavy atom. The number of hydrogen-bond acceptors (Lipinski definition) is 5. The summed E-state index contributed by atoms with van der Waals surface area (Å²) in [6.07, 6.45) is 6.34. The lowest BCUT2D eigenvalue weighted by Gasteiger charge is -2.20. The molecule has 1 heterocycles. The molecule has 234 valence electrons. The van der Waals surface area contributed by atoms with Gasteiger partial charge in [0, 0.05) is 35.9 Å². The number of carbonyl (C=O) groups is 3. The molecule has 1 unspecified atom stereocenters. The molecule has 44 heavy (non-hydrogen) atoms. The molecule has 1 aromatic heterocycles. The molecule has 4 rings (SSSR count). The molecule has 0 fully saturated rings. The minimum absolute atomic E-state index is 0.0494. The maximum Gasteiger partial charge on any atom is 0.224 e. The number of ketones is 1. The van der Waals surface area contributed by atoms with Gasteiger partial charge in [-0.3, -0.25) is 14.4 Å². The van der Waals surface area contributed by atoms with Gasteiger partial charge in [0.25, 0.3) is 0 Å². The summed E-state index contributed by atoms with van der Waals surface area (Å²) in [6.45, 7) is 5.60. The lowest BCUT2D eigenvalue weighted by atomic mass is 9.94. The van der Waals surface area contributed by atoms with Crippen LogP contribution in [-0.4, -0.2) is 40.8 Å². The Hall–Kier alpha value is -4.59. The number of amides is 2. The van der Waals surface area contributed by atoms with Gasteiger partial charge < -0.3 is 25.9 Å². The number of phenolic OH excluding ortho intramolecular Hbond substituents is 1. The molecule has 0 saturated carbocycles. The lowest BCUT2D eigenvalue weighted by Crippen LogP contribution is -2.44. The number of aromatic nitrogens is 1. The summed E-state index contributed by atoms with van der Waals surface area (Å²) >= 11 is 0. The van der Waals surface area contributed by atoms with Crippen LogP contribution in [-0.2, 0) is 33.6 Å². The molecule has 0 aliphatic heterocycles. The van der Waals surface area contributed by atoms with Crippen molar-refractivity contribution in [3.8, 4) is 11.5 Å². The third kappa shape index (κ3) is 10.6. The van der Waals surface area contributed by atoms with Crippen LogP contribution in [0.5, 0.6) is 11.5 Å². The van der Waals surface area contributed by atoms with Crippen molar-refractivity contribution in [2.45, 2.75) is 71.8 Å². The van der Waals surface area contributed by atoms with Gasteiger partial charge in [0.1, 0.15) is 11.5 Å². The number of aromatic hydroxyl groups is 1. The zero-order chi connectivity index (χ0) is 32.1. The van der Waals surface area contributed by atoms with E-state index in [0.29, 0.717) is 25.0 Å². The van der Waals surface area contributed by atoms with Gasteiger partial charge in [0.05, 0.1) is 13.2 Å². The Morgan fingerprint density at radius 2 is 1.73 bits per heavy atom. The van der Waals surface area contributed by atoms with Crippen molar-refractivity contribution in [2.24, 2.45) is 11.7 Å². The highest BCUT2D eigenvalue weighted by Gasteiger charge is 2.26. The number of ether oxygens (including phenoxy) is 1. The van der Waals surface area contributed by atoms with Crippen molar-refractivity contribution in [1.82, 2.24) is 10.3 Å². The van der Waals surface area contributed by atoms with E-state index in [9.17, 15) is 19.5 Å². The Kier molecular flexibility index (Phi) is 13.0. The van der Waals surface area contributed by atoms with Gasteiger partial charge in [-0.2, -0.15) is 0 Å². The first-order valence-corrected chi connectivity index (χ1v) is 15.2. The monoisotopic (exact) mass is 599 g/mol. The minimum atomic E-state index is -0.673. The molecule has 8 heteroatoms. The van der Waals surface area contributed by atoms with Crippen LogP contribution in [0.4, 0.5) is 0 Å². The quantitative estimate of drug-likeness (QED) is 0.142.